The third-order valence-corrected chi connectivity index (χ3v) is 8.54. The molecule has 1 saturated heterocycles. The number of nitrogens with zero attached hydrogens (tertiary/aromatic N) is 1. The highest BCUT2D eigenvalue weighted by Gasteiger charge is 2.47. The van der Waals surface area contributed by atoms with Crippen LogP contribution in [0.15, 0.2) is 54.2 Å². The van der Waals surface area contributed by atoms with Gasteiger partial charge < -0.3 is 9.64 Å². The summed E-state index contributed by atoms with van der Waals surface area (Å²) in [6.07, 6.45) is -6.76. The van der Waals surface area contributed by atoms with Crippen LogP contribution in [0.1, 0.15) is 72.4 Å². The molecule has 1 heterocycles. The third kappa shape index (κ3) is 5.74. The fraction of sp³-hybridized carbons (Fsp3) is 0.500. The van der Waals surface area contributed by atoms with Crippen LogP contribution in [0.4, 0.5) is 26.3 Å². The molecule has 5 atom stereocenters. The number of rotatable bonds is 5. The molecule has 1 saturated carbocycles. The van der Waals surface area contributed by atoms with Gasteiger partial charge in [0.25, 0.3) is 0 Å². The van der Waals surface area contributed by atoms with E-state index in [1.165, 1.54) is 6.92 Å². The van der Waals surface area contributed by atoms with E-state index < -0.39 is 29.6 Å². The zero-order valence-electron chi connectivity index (χ0n) is 21.8. The van der Waals surface area contributed by atoms with Crippen molar-refractivity contribution in [3.05, 3.63) is 82.1 Å². The van der Waals surface area contributed by atoms with E-state index in [2.05, 4.69) is 4.90 Å². The lowest BCUT2D eigenvalue weighted by atomic mass is 9.68. The Bertz CT molecular complexity index is 1230. The SMILES string of the molecule is Cc1ccccc1C1[C@@H](O[C@H](C)c2cc(C(F)(F)F)cc(C(F)(F)F)c2)CC[C@@H]2CN(C3=CC(=O)CC3)C[C@@H]12. The van der Waals surface area contributed by atoms with Crippen molar-refractivity contribution in [3.63, 3.8) is 0 Å². The van der Waals surface area contributed by atoms with Crippen LogP contribution in [0.25, 0.3) is 0 Å². The number of alkyl halides is 6. The molecule has 2 aliphatic carbocycles. The summed E-state index contributed by atoms with van der Waals surface area (Å²) in [4.78, 5) is 14.1. The summed E-state index contributed by atoms with van der Waals surface area (Å²) >= 11 is 0. The van der Waals surface area contributed by atoms with Crippen molar-refractivity contribution in [1.82, 2.24) is 4.90 Å². The van der Waals surface area contributed by atoms with Crippen LogP contribution in [-0.2, 0) is 21.9 Å². The fourth-order valence-corrected chi connectivity index (χ4v) is 6.61. The van der Waals surface area contributed by atoms with Crippen LogP contribution in [0, 0.1) is 18.8 Å². The van der Waals surface area contributed by atoms with Crippen molar-refractivity contribution >= 4 is 5.78 Å². The number of fused-ring (bicyclic) bond motifs is 1. The molecule has 0 aromatic heterocycles. The predicted octanol–water partition coefficient (Wildman–Crippen LogP) is 7.85. The molecule has 1 unspecified atom stereocenters. The zero-order valence-corrected chi connectivity index (χ0v) is 21.8. The topological polar surface area (TPSA) is 29.5 Å². The van der Waals surface area contributed by atoms with E-state index in [0.717, 1.165) is 54.9 Å². The molecule has 39 heavy (non-hydrogen) atoms. The second kappa shape index (κ2) is 10.3. The maximum absolute atomic E-state index is 13.5. The Balaban J connectivity index is 1.46. The number of likely N-dealkylation sites (tertiary alicyclic amines) is 1. The van der Waals surface area contributed by atoms with Gasteiger partial charge in [-0.15, -0.1) is 0 Å². The summed E-state index contributed by atoms with van der Waals surface area (Å²) in [7, 11) is 0. The second-order valence-corrected chi connectivity index (χ2v) is 11.0. The minimum Gasteiger partial charge on any atom is -0.374 e. The van der Waals surface area contributed by atoms with E-state index >= 15 is 0 Å². The lowest BCUT2D eigenvalue weighted by Crippen LogP contribution is -2.38. The summed E-state index contributed by atoms with van der Waals surface area (Å²) in [6.45, 7) is 5.09. The van der Waals surface area contributed by atoms with Crippen molar-refractivity contribution in [2.75, 3.05) is 13.1 Å². The Hall–Kier alpha value is -2.81. The van der Waals surface area contributed by atoms with Crippen LogP contribution >= 0.6 is 0 Å². The average Bonchev–Trinajstić information content (AvgIpc) is 3.49. The smallest absolute Gasteiger partial charge is 0.374 e. The Morgan fingerprint density at radius 3 is 2.18 bits per heavy atom. The van der Waals surface area contributed by atoms with Crippen LogP contribution in [0.2, 0.25) is 0 Å². The van der Waals surface area contributed by atoms with Gasteiger partial charge in [-0.05, 0) is 79.8 Å². The first-order chi connectivity index (χ1) is 18.3. The van der Waals surface area contributed by atoms with Crippen molar-refractivity contribution in [1.29, 1.82) is 0 Å². The first kappa shape index (κ1) is 27.7. The normalized spacial score (nSPS) is 26.5. The number of aryl methyl sites for hydroxylation is 1. The van der Waals surface area contributed by atoms with Gasteiger partial charge in [0.2, 0.25) is 0 Å². The summed E-state index contributed by atoms with van der Waals surface area (Å²) in [5.41, 5.74) is 0.373. The van der Waals surface area contributed by atoms with Gasteiger partial charge in [-0.1, -0.05) is 24.3 Å². The summed E-state index contributed by atoms with van der Waals surface area (Å²) in [6, 6.07) is 9.59. The van der Waals surface area contributed by atoms with E-state index in [0.29, 0.717) is 18.8 Å². The predicted molar refractivity (Wildman–Crippen MR) is 134 cm³/mol. The first-order valence-corrected chi connectivity index (χ1v) is 13.3. The molecule has 2 aromatic carbocycles. The highest BCUT2D eigenvalue weighted by atomic mass is 19.4. The van der Waals surface area contributed by atoms with E-state index in [1.54, 1.807) is 6.08 Å². The lowest BCUT2D eigenvalue weighted by Gasteiger charge is -2.41. The van der Waals surface area contributed by atoms with Crippen molar-refractivity contribution < 1.29 is 35.9 Å². The van der Waals surface area contributed by atoms with Gasteiger partial charge >= 0.3 is 12.4 Å². The molecule has 210 valence electrons. The summed E-state index contributed by atoms with van der Waals surface area (Å²) in [5.74, 6) is 0.584. The van der Waals surface area contributed by atoms with Gasteiger partial charge in [0.05, 0.1) is 23.3 Å². The minimum absolute atomic E-state index is 0.0806. The largest absolute Gasteiger partial charge is 0.416 e. The number of hydrogen-bond acceptors (Lipinski definition) is 3. The maximum atomic E-state index is 13.5. The number of hydrogen-bond donors (Lipinski definition) is 0. The Morgan fingerprint density at radius 1 is 0.923 bits per heavy atom. The van der Waals surface area contributed by atoms with Crippen molar-refractivity contribution in [2.45, 2.75) is 70.0 Å². The van der Waals surface area contributed by atoms with E-state index in [1.807, 2.05) is 31.2 Å². The third-order valence-electron chi connectivity index (χ3n) is 8.54. The average molecular weight is 552 g/mol. The van der Waals surface area contributed by atoms with Crippen LogP contribution in [0.5, 0.6) is 0 Å². The number of carbonyl (C=O) groups is 1. The quantitative estimate of drug-likeness (QED) is 0.355. The standard InChI is InChI=1S/C30H31F6NO2/c1-17-5-3-4-6-25(17)28-26-16-37(23-8-9-24(38)14-23)15-19(26)7-10-27(28)39-18(2)20-11-21(29(31,32)33)13-22(12-20)30(34,35)36/h3-6,11-14,18-19,26-28H,7-10,15-16H2,1-2H3/t18-,19-,26-,27+,28?/m1/s1. The second-order valence-electron chi connectivity index (χ2n) is 11.0. The highest BCUT2D eigenvalue weighted by Crippen LogP contribution is 2.49. The van der Waals surface area contributed by atoms with E-state index in [4.69, 9.17) is 4.74 Å². The van der Waals surface area contributed by atoms with Gasteiger partial charge in [-0.2, -0.15) is 26.3 Å². The van der Waals surface area contributed by atoms with Gasteiger partial charge in [0.1, 0.15) is 0 Å². The maximum Gasteiger partial charge on any atom is 0.416 e. The Kier molecular flexibility index (Phi) is 7.33. The number of halogens is 6. The minimum atomic E-state index is -4.92. The van der Waals surface area contributed by atoms with Crippen LogP contribution in [-0.4, -0.2) is 29.9 Å². The monoisotopic (exact) mass is 551 g/mol. The zero-order chi connectivity index (χ0) is 28.1. The summed E-state index contributed by atoms with van der Waals surface area (Å²) < 4.78 is 87.3. The van der Waals surface area contributed by atoms with Crippen LogP contribution in [0.3, 0.4) is 0 Å². The fourth-order valence-electron chi connectivity index (χ4n) is 6.61. The van der Waals surface area contributed by atoms with Crippen molar-refractivity contribution in [2.24, 2.45) is 11.8 Å². The summed E-state index contributed by atoms with van der Waals surface area (Å²) in [5, 5.41) is 0. The molecular weight excluding hydrogens is 520 g/mol. The number of allylic oxidation sites excluding steroid dienone is 2. The number of ketones is 1. The molecular formula is C30H31F6NO2. The van der Waals surface area contributed by atoms with Gasteiger partial charge in [-0.25, -0.2) is 0 Å². The highest BCUT2D eigenvalue weighted by molar-refractivity contribution is 5.92. The molecule has 0 amide bonds. The molecule has 0 N–H and O–H groups in total. The lowest BCUT2D eigenvalue weighted by molar-refractivity contribution is -0.143. The molecule has 3 aliphatic rings. The van der Waals surface area contributed by atoms with Gasteiger partial charge in [0.15, 0.2) is 5.78 Å². The van der Waals surface area contributed by atoms with Gasteiger partial charge in [-0.3, -0.25) is 4.79 Å². The molecule has 3 nitrogen and oxygen atoms in total. The molecule has 2 aromatic rings. The van der Waals surface area contributed by atoms with Crippen molar-refractivity contribution in [3.8, 4) is 0 Å². The number of benzene rings is 2. The van der Waals surface area contributed by atoms with E-state index in [9.17, 15) is 31.1 Å². The molecule has 2 fully saturated rings. The molecule has 0 bridgehead atoms. The first-order valence-electron chi connectivity index (χ1n) is 13.3. The molecule has 9 heteroatoms. The Labute approximate surface area is 223 Å². The molecule has 0 spiro atoms. The van der Waals surface area contributed by atoms with E-state index in [-0.39, 0.29) is 35.4 Å². The molecule has 0 radical (unpaired) electrons. The van der Waals surface area contributed by atoms with Gasteiger partial charge in [0, 0.05) is 37.2 Å². The molecule has 1 aliphatic heterocycles. The number of ether oxygens (including phenoxy) is 1. The Morgan fingerprint density at radius 2 is 1.59 bits per heavy atom. The molecule has 5 rings (SSSR count). The number of carbonyl (C=O) groups excluding carboxylic acids is 1. The van der Waals surface area contributed by atoms with Crippen LogP contribution < -0.4 is 0 Å².